The summed E-state index contributed by atoms with van der Waals surface area (Å²) in [7, 11) is 1.62. The molecule has 0 aromatic heterocycles. The lowest BCUT2D eigenvalue weighted by atomic mass is 9.79. The Hall–Kier alpha value is -1.58. The van der Waals surface area contributed by atoms with Gasteiger partial charge in [-0.3, -0.25) is 9.59 Å². The molecule has 4 heteroatoms. The summed E-state index contributed by atoms with van der Waals surface area (Å²) in [4.78, 5) is 21.8. The van der Waals surface area contributed by atoms with Gasteiger partial charge in [-0.25, -0.2) is 0 Å². The second-order valence-corrected chi connectivity index (χ2v) is 7.01. The lowest BCUT2D eigenvalue weighted by Crippen LogP contribution is -2.26. The van der Waals surface area contributed by atoms with Crippen molar-refractivity contribution in [3.63, 3.8) is 0 Å². The third-order valence-corrected chi connectivity index (χ3v) is 4.27. The van der Waals surface area contributed by atoms with Crippen LogP contribution in [0.1, 0.15) is 53.4 Å². The molecule has 2 aliphatic carbocycles. The summed E-state index contributed by atoms with van der Waals surface area (Å²) >= 11 is 0. The number of rotatable bonds is 1. The van der Waals surface area contributed by atoms with E-state index in [1.54, 1.807) is 19.3 Å². The van der Waals surface area contributed by atoms with E-state index in [1.165, 1.54) is 0 Å². The summed E-state index contributed by atoms with van der Waals surface area (Å²) in [6, 6.07) is 0. The molecule has 0 spiro atoms. The van der Waals surface area contributed by atoms with E-state index in [9.17, 15) is 9.59 Å². The van der Waals surface area contributed by atoms with E-state index in [0.717, 1.165) is 24.3 Å². The first-order chi connectivity index (χ1) is 9.58. The molecule has 0 aliphatic heterocycles. The molecule has 0 atom stereocenters. The molecule has 0 radical (unpaired) electrons. The molecule has 2 N–H and O–H groups in total. The van der Waals surface area contributed by atoms with E-state index in [0.29, 0.717) is 12.8 Å². The summed E-state index contributed by atoms with van der Waals surface area (Å²) in [6.45, 7) is 8.31. The van der Waals surface area contributed by atoms with Crippen LogP contribution in [0.4, 0.5) is 0 Å². The molecule has 0 amide bonds. The van der Waals surface area contributed by atoms with Crippen LogP contribution in [0.2, 0.25) is 0 Å². The Bertz CT molecular complexity index is 484. The van der Waals surface area contributed by atoms with Crippen molar-refractivity contribution in [2.24, 2.45) is 16.6 Å². The molecule has 0 unspecified atom stereocenters. The number of ketones is 2. The summed E-state index contributed by atoms with van der Waals surface area (Å²) in [5, 5.41) is 0. The molecule has 118 valence electrons. The first-order valence-corrected chi connectivity index (χ1v) is 7.38. The molecule has 0 bridgehead atoms. The van der Waals surface area contributed by atoms with Crippen LogP contribution in [-0.4, -0.2) is 18.7 Å². The zero-order valence-electron chi connectivity index (χ0n) is 13.8. The number of nitrogens with two attached hydrogens (primary N) is 1. The number of carbonyl (C=O) groups is 2. The smallest absolute Gasteiger partial charge is 0.159 e. The van der Waals surface area contributed by atoms with Gasteiger partial charge < -0.3 is 10.5 Å². The monoisotopic (exact) mass is 293 g/mol. The Morgan fingerprint density at radius 3 is 1.81 bits per heavy atom. The fraction of sp³-hybridized carbons (Fsp3) is 0.647. The van der Waals surface area contributed by atoms with Crippen LogP contribution < -0.4 is 5.73 Å². The molecule has 21 heavy (non-hydrogen) atoms. The van der Waals surface area contributed by atoms with Gasteiger partial charge in [0.25, 0.3) is 0 Å². The number of allylic oxidation sites excluding steroid dienone is 4. The highest BCUT2D eigenvalue weighted by Crippen LogP contribution is 2.35. The van der Waals surface area contributed by atoms with Crippen LogP contribution in [0, 0.1) is 10.8 Å². The van der Waals surface area contributed by atoms with Gasteiger partial charge in [0.2, 0.25) is 0 Å². The maximum Gasteiger partial charge on any atom is 0.159 e. The molecule has 0 aromatic carbocycles. The predicted molar refractivity (Wildman–Crippen MR) is 83.4 cm³/mol. The van der Waals surface area contributed by atoms with Crippen molar-refractivity contribution in [2.45, 2.75) is 53.4 Å². The van der Waals surface area contributed by atoms with Crippen molar-refractivity contribution < 1.29 is 14.3 Å². The molecule has 0 fully saturated rings. The topological polar surface area (TPSA) is 69.4 Å². The number of hydrogen-bond acceptors (Lipinski definition) is 4. The molecule has 0 heterocycles. The lowest BCUT2D eigenvalue weighted by Gasteiger charge is -2.29. The highest BCUT2D eigenvalue weighted by atomic mass is 16.5. The molecule has 2 aliphatic rings. The molecule has 2 rings (SSSR count). The Morgan fingerprint density at radius 2 is 1.43 bits per heavy atom. The number of carbonyl (C=O) groups excluding carboxylic acids is 2. The van der Waals surface area contributed by atoms with Crippen molar-refractivity contribution in [3.05, 3.63) is 23.6 Å². The van der Waals surface area contributed by atoms with Crippen LogP contribution in [0.25, 0.3) is 0 Å². The summed E-state index contributed by atoms with van der Waals surface area (Å²) in [6.07, 6.45) is 6.25. The third-order valence-electron chi connectivity index (χ3n) is 4.27. The van der Waals surface area contributed by atoms with Gasteiger partial charge in [0.15, 0.2) is 11.6 Å². The van der Waals surface area contributed by atoms with Gasteiger partial charge in [-0.1, -0.05) is 27.7 Å². The standard InChI is InChI=1S/C9H14O2.C8H13NO/c1-9(2)5-4-7(10)6-8(9)11-3;1-8(2)4-3-6(10)5-7(8)9/h6H,4-5H2,1-3H3;5H,3-4,9H2,1-2H3. The summed E-state index contributed by atoms with van der Waals surface area (Å²) in [5.74, 6) is 1.16. The van der Waals surface area contributed by atoms with Gasteiger partial charge in [0.05, 0.1) is 7.11 Å². The van der Waals surface area contributed by atoms with Gasteiger partial charge in [0, 0.05) is 41.5 Å². The van der Waals surface area contributed by atoms with E-state index in [1.807, 2.05) is 0 Å². The SMILES string of the molecule is CC1(C)CCC(=O)C=C1N.COC1=CC(=O)CCC1(C)C. The molecular weight excluding hydrogens is 266 g/mol. The van der Waals surface area contributed by atoms with Crippen molar-refractivity contribution >= 4 is 11.6 Å². The first-order valence-electron chi connectivity index (χ1n) is 7.38. The summed E-state index contributed by atoms with van der Waals surface area (Å²) < 4.78 is 5.12. The molecular formula is C17H27NO3. The minimum atomic E-state index is 0.0356. The second kappa shape index (κ2) is 6.46. The molecule has 4 nitrogen and oxygen atoms in total. The van der Waals surface area contributed by atoms with E-state index in [4.69, 9.17) is 10.5 Å². The highest BCUT2D eigenvalue weighted by Gasteiger charge is 2.29. The Balaban J connectivity index is 0.000000211. The first kappa shape index (κ1) is 17.5. The predicted octanol–water partition coefficient (Wildman–Crippen LogP) is 3.12. The molecule has 0 saturated heterocycles. The summed E-state index contributed by atoms with van der Waals surface area (Å²) in [5.41, 5.74) is 6.45. The third kappa shape index (κ3) is 4.73. The number of ether oxygens (including phenoxy) is 1. The second-order valence-electron chi connectivity index (χ2n) is 7.01. The minimum absolute atomic E-state index is 0.0356. The number of methoxy groups -OCH3 is 1. The van der Waals surface area contributed by atoms with Gasteiger partial charge in [-0.15, -0.1) is 0 Å². The Kier molecular flexibility index (Phi) is 5.37. The van der Waals surface area contributed by atoms with Crippen molar-refractivity contribution in [3.8, 4) is 0 Å². The fourth-order valence-electron chi connectivity index (χ4n) is 2.33. The highest BCUT2D eigenvalue weighted by molar-refractivity contribution is 5.91. The van der Waals surface area contributed by atoms with E-state index < -0.39 is 0 Å². The average Bonchev–Trinajstić information content (AvgIpc) is 2.38. The van der Waals surface area contributed by atoms with Gasteiger partial charge >= 0.3 is 0 Å². The largest absolute Gasteiger partial charge is 0.500 e. The lowest BCUT2D eigenvalue weighted by molar-refractivity contribution is -0.116. The van der Waals surface area contributed by atoms with Crippen molar-refractivity contribution in [2.75, 3.05) is 7.11 Å². The maximum atomic E-state index is 11.0. The fourth-order valence-corrected chi connectivity index (χ4v) is 2.33. The van der Waals surface area contributed by atoms with E-state index in [2.05, 4.69) is 27.7 Å². The van der Waals surface area contributed by atoms with Crippen molar-refractivity contribution in [1.29, 1.82) is 0 Å². The van der Waals surface area contributed by atoms with Crippen LogP contribution in [0.15, 0.2) is 23.6 Å². The van der Waals surface area contributed by atoms with Crippen LogP contribution in [0.3, 0.4) is 0 Å². The quantitative estimate of drug-likeness (QED) is 0.806. The normalized spacial score (nSPS) is 23.5. The van der Waals surface area contributed by atoms with Crippen molar-refractivity contribution in [1.82, 2.24) is 0 Å². The molecule has 0 saturated carbocycles. The zero-order valence-corrected chi connectivity index (χ0v) is 13.8. The maximum absolute atomic E-state index is 11.0. The average molecular weight is 293 g/mol. The Morgan fingerprint density at radius 1 is 0.952 bits per heavy atom. The van der Waals surface area contributed by atoms with E-state index >= 15 is 0 Å². The van der Waals surface area contributed by atoms with Gasteiger partial charge in [0.1, 0.15) is 5.76 Å². The van der Waals surface area contributed by atoms with Crippen LogP contribution in [0.5, 0.6) is 0 Å². The number of hydrogen-bond donors (Lipinski definition) is 1. The Labute approximate surface area is 127 Å². The zero-order chi connectivity index (χ0) is 16.3. The van der Waals surface area contributed by atoms with E-state index in [-0.39, 0.29) is 22.4 Å². The van der Waals surface area contributed by atoms with Gasteiger partial charge in [-0.2, -0.15) is 0 Å². The molecule has 0 aromatic rings. The van der Waals surface area contributed by atoms with Crippen LogP contribution in [-0.2, 0) is 14.3 Å². The van der Waals surface area contributed by atoms with Crippen LogP contribution >= 0.6 is 0 Å². The van der Waals surface area contributed by atoms with Gasteiger partial charge in [-0.05, 0) is 12.8 Å². The minimum Gasteiger partial charge on any atom is -0.500 e.